The molecule has 0 N–H and O–H groups in total. The lowest BCUT2D eigenvalue weighted by molar-refractivity contribution is -0.137. The second kappa shape index (κ2) is 4.29. The summed E-state index contributed by atoms with van der Waals surface area (Å²) in [6.07, 6.45) is -4.76. The third-order valence-electron chi connectivity index (χ3n) is 1.77. The number of ether oxygens (including phenoxy) is 1. The predicted molar refractivity (Wildman–Crippen MR) is 47.8 cm³/mol. The molecule has 0 aliphatic carbocycles. The zero-order valence-corrected chi connectivity index (χ0v) is 8.62. The summed E-state index contributed by atoms with van der Waals surface area (Å²) in [6, 6.07) is 0.750. The highest BCUT2D eigenvalue weighted by Gasteiger charge is 2.35. The van der Waals surface area contributed by atoms with E-state index in [0.717, 1.165) is 7.11 Å². The van der Waals surface area contributed by atoms with Crippen LogP contribution in [0.4, 0.5) is 17.6 Å². The van der Waals surface area contributed by atoms with Gasteiger partial charge in [-0.15, -0.1) is 0 Å². The van der Waals surface area contributed by atoms with Crippen LogP contribution in [0.25, 0.3) is 0 Å². The Hall–Kier alpha value is -1.30. The molecule has 88 valence electrons. The van der Waals surface area contributed by atoms with Crippen molar-refractivity contribution in [1.82, 2.24) is 0 Å². The third-order valence-corrected chi connectivity index (χ3v) is 2.08. The molecule has 0 aliphatic rings. The van der Waals surface area contributed by atoms with Crippen LogP contribution in [0.5, 0.6) is 0 Å². The summed E-state index contributed by atoms with van der Waals surface area (Å²) in [5, 5.41) is -0.808. The fourth-order valence-electron chi connectivity index (χ4n) is 1.03. The van der Waals surface area contributed by atoms with Gasteiger partial charge in [0.1, 0.15) is 5.82 Å². The summed E-state index contributed by atoms with van der Waals surface area (Å²) in [7, 11) is 0.934. The van der Waals surface area contributed by atoms with E-state index < -0.39 is 34.1 Å². The van der Waals surface area contributed by atoms with Gasteiger partial charge >= 0.3 is 12.1 Å². The van der Waals surface area contributed by atoms with Crippen LogP contribution in [0.3, 0.4) is 0 Å². The zero-order valence-electron chi connectivity index (χ0n) is 7.86. The second-order valence-electron chi connectivity index (χ2n) is 2.80. The van der Waals surface area contributed by atoms with Crippen molar-refractivity contribution in [2.45, 2.75) is 6.18 Å². The molecule has 0 saturated heterocycles. The number of halogens is 5. The molecule has 0 saturated carbocycles. The van der Waals surface area contributed by atoms with Crippen molar-refractivity contribution >= 4 is 17.6 Å². The van der Waals surface area contributed by atoms with E-state index >= 15 is 0 Å². The number of hydrogen-bond acceptors (Lipinski definition) is 2. The van der Waals surface area contributed by atoms with E-state index in [4.69, 9.17) is 11.6 Å². The van der Waals surface area contributed by atoms with Crippen LogP contribution >= 0.6 is 11.6 Å². The summed E-state index contributed by atoms with van der Waals surface area (Å²) >= 11 is 5.22. The Balaban J connectivity index is 3.39. The molecule has 0 atom stereocenters. The first-order valence-electron chi connectivity index (χ1n) is 3.92. The van der Waals surface area contributed by atoms with Crippen LogP contribution in [0.2, 0.25) is 5.02 Å². The van der Waals surface area contributed by atoms with Gasteiger partial charge in [-0.1, -0.05) is 11.6 Å². The van der Waals surface area contributed by atoms with E-state index in [9.17, 15) is 22.4 Å². The number of methoxy groups -OCH3 is 1. The van der Waals surface area contributed by atoms with Crippen molar-refractivity contribution in [2.24, 2.45) is 0 Å². The molecule has 0 radical (unpaired) electrons. The number of carbonyl (C=O) groups excluding carboxylic acids is 1. The van der Waals surface area contributed by atoms with Gasteiger partial charge in [-0.05, 0) is 12.1 Å². The highest BCUT2D eigenvalue weighted by Crippen LogP contribution is 2.36. The van der Waals surface area contributed by atoms with Crippen molar-refractivity contribution < 1.29 is 27.1 Å². The molecule has 0 aliphatic heterocycles. The molecule has 1 rings (SSSR count). The average molecular weight is 257 g/mol. The lowest BCUT2D eigenvalue weighted by Crippen LogP contribution is -2.11. The molecule has 0 bridgehead atoms. The fraction of sp³-hybridized carbons (Fsp3) is 0.222. The maximum atomic E-state index is 13.1. The van der Waals surface area contributed by atoms with Gasteiger partial charge in [0.2, 0.25) is 0 Å². The predicted octanol–water partition coefficient (Wildman–Crippen LogP) is 3.28. The molecule has 2 nitrogen and oxygen atoms in total. The van der Waals surface area contributed by atoms with E-state index in [2.05, 4.69) is 4.74 Å². The van der Waals surface area contributed by atoms with Gasteiger partial charge in [0, 0.05) is 0 Å². The lowest BCUT2D eigenvalue weighted by atomic mass is 10.1. The number of alkyl halides is 3. The standard InChI is InChI=1S/C9H5ClF4O2/c1-16-8(15)4-2-5(9(12,13)14)6(10)3-7(4)11/h2-3H,1H3. The van der Waals surface area contributed by atoms with E-state index in [1.807, 2.05) is 0 Å². The van der Waals surface area contributed by atoms with Gasteiger partial charge in [-0.25, -0.2) is 9.18 Å². The Bertz CT molecular complexity index is 428. The van der Waals surface area contributed by atoms with Crippen LogP contribution in [-0.2, 0) is 10.9 Å². The van der Waals surface area contributed by atoms with Crippen molar-refractivity contribution in [3.05, 3.63) is 34.1 Å². The molecule has 0 unspecified atom stereocenters. The minimum atomic E-state index is -4.76. The SMILES string of the molecule is COC(=O)c1cc(C(F)(F)F)c(Cl)cc1F. The molecular weight excluding hydrogens is 252 g/mol. The molecule has 16 heavy (non-hydrogen) atoms. The molecule has 7 heteroatoms. The molecule has 1 aromatic carbocycles. The summed E-state index contributed by atoms with van der Waals surface area (Å²) < 4.78 is 54.3. The Morgan fingerprint density at radius 3 is 2.38 bits per heavy atom. The van der Waals surface area contributed by atoms with Crippen LogP contribution in [0.1, 0.15) is 15.9 Å². The molecule has 0 spiro atoms. The summed E-state index contributed by atoms with van der Waals surface area (Å²) in [4.78, 5) is 11.0. The Labute approximate surface area is 92.8 Å². The lowest BCUT2D eigenvalue weighted by Gasteiger charge is -2.10. The smallest absolute Gasteiger partial charge is 0.417 e. The summed E-state index contributed by atoms with van der Waals surface area (Å²) in [5.74, 6) is -2.36. The number of hydrogen-bond donors (Lipinski definition) is 0. The molecule has 0 heterocycles. The third kappa shape index (κ3) is 2.44. The van der Waals surface area contributed by atoms with Gasteiger partial charge < -0.3 is 4.74 Å². The fourth-order valence-corrected chi connectivity index (χ4v) is 1.29. The van der Waals surface area contributed by atoms with Gasteiger partial charge in [0.15, 0.2) is 0 Å². The van der Waals surface area contributed by atoms with Crippen LogP contribution in [0.15, 0.2) is 12.1 Å². The Morgan fingerprint density at radius 2 is 1.94 bits per heavy atom. The molecule has 1 aromatic rings. The van der Waals surface area contributed by atoms with Crippen LogP contribution in [0, 0.1) is 5.82 Å². The zero-order chi connectivity index (χ0) is 12.5. The topological polar surface area (TPSA) is 26.3 Å². The summed E-state index contributed by atoms with van der Waals surface area (Å²) in [5.41, 5.74) is -2.09. The van der Waals surface area contributed by atoms with Crippen molar-refractivity contribution in [1.29, 1.82) is 0 Å². The van der Waals surface area contributed by atoms with Crippen molar-refractivity contribution in [3.8, 4) is 0 Å². The van der Waals surface area contributed by atoms with E-state index in [-0.39, 0.29) is 0 Å². The minimum absolute atomic E-state index is 0.323. The monoisotopic (exact) mass is 256 g/mol. The number of benzene rings is 1. The largest absolute Gasteiger partial charge is 0.465 e. The maximum absolute atomic E-state index is 13.1. The van der Waals surface area contributed by atoms with Gasteiger partial charge in [0.05, 0.1) is 23.3 Å². The van der Waals surface area contributed by atoms with E-state index in [1.54, 1.807) is 0 Å². The van der Waals surface area contributed by atoms with E-state index in [0.29, 0.717) is 12.1 Å². The van der Waals surface area contributed by atoms with Gasteiger partial charge in [-0.2, -0.15) is 13.2 Å². The first kappa shape index (κ1) is 12.8. The van der Waals surface area contributed by atoms with E-state index in [1.165, 1.54) is 0 Å². The number of carbonyl (C=O) groups is 1. The minimum Gasteiger partial charge on any atom is -0.465 e. The average Bonchev–Trinajstić information content (AvgIpc) is 2.14. The van der Waals surface area contributed by atoms with Gasteiger partial charge in [-0.3, -0.25) is 0 Å². The quantitative estimate of drug-likeness (QED) is 0.569. The normalized spacial score (nSPS) is 11.4. The highest BCUT2D eigenvalue weighted by atomic mass is 35.5. The first-order valence-corrected chi connectivity index (χ1v) is 4.29. The molecule has 0 amide bonds. The molecule has 0 aromatic heterocycles. The van der Waals surface area contributed by atoms with Crippen LogP contribution < -0.4 is 0 Å². The van der Waals surface area contributed by atoms with Gasteiger partial charge in [0.25, 0.3) is 0 Å². The van der Waals surface area contributed by atoms with Crippen molar-refractivity contribution in [3.63, 3.8) is 0 Å². The Morgan fingerprint density at radius 1 is 1.38 bits per heavy atom. The van der Waals surface area contributed by atoms with Crippen molar-refractivity contribution in [2.75, 3.05) is 7.11 Å². The first-order chi connectivity index (χ1) is 7.27. The maximum Gasteiger partial charge on any atom is 0.417 e. The Kier molecular flexibility index (Phi) is 3.42. The number of rotatable bonds is 1. The number of esters is 1. The highest BCUT2D eigenvalue weighted by molar-refractivity contribution is 6.31. The summed E-state index contributed by atoms with van der Waals surface area (Å²) in [6.45, 7) is 0. The molecule has 0 fully saturated rings. The second-order valence-corrected chi connectivity index (χ2v) is 3.21. The molecular formula is C9H5ClF4O2. The van der Waals surface area contributed by atoms with Crippen LogP contribution in [-0.4, -0.2) is 13.1 Å².